The second-order valence-electron chi connectivity index (χ2n) is 7.02. The third-order valence-corrected chi connectivity index (χ3v) is 5.20. The fraction of sp³-hybridized carbons (Fsp3) is 0.579. The quantitative estimate of drug-likeness (QED) is 0.845. The van der Waals surface area contributed by atoms with Crippen molar-refractivity contribution < 1.29 is 9.26 Å². The van der Waals surface area contributed by atoms with Gasteiger partial charge in [-0.1, -0.05) is 35.5 Å². The minimum atomic E-state index is 0.329. The molecule has 5 heteroatoms. The zero-order valence-electron chi connectivity index (χ0n) is 14.1. The summed E-state index contributed by atoms with van der Waals surface area (Å²) in [6, 6.07) is 10.7. The summed E-state index contributed by atoms with van der Waals surface area (Å²) in [5.74, 6) is 2.63. The molecule has 24 heavy (non-hydrogen) atoms. The molecule has 128 valence electrons. The van der Waals surface area contributed by atoms with Crippen LogP contribution in [0.1, 0.15) is 42.5 Å². The summed E-state index contributed by atoms with van der Waals surface area (Å²) in [6.45, 7) is 4.90. The van der Waals surface area contributed by atoms with Gasteiger partial charge in [0, 0.05) is 25.5 Å². The van der Waals surface area contributed by atoms with E-state index in [0.717, 1.165) is 57.4 Å². The van der Waals surface area contributed by atoms with E-state index >= 15 is 0 Å². The lowest BCUT2D eigenvalue weighted by Gasteiger charge is -2.31. The number of benzene rings is 1. The van der Waals surface area contributed by atoms with Crippen molar-refractivity contribution in [3.8, 4) is 0 Å². The van der Waals surface area contributed by atoms with Gasteiger partial charge < -0.3 is 9.26 Å². The van der Waals surface area contributed by atoms with Gasteiger partial charge in [-0.15, -0.1) is 0 Å². The molecular weight excluding hydrogens is 302 g/mol. The zero-order valence-corrected chi connectivity index (χ0v) is 14.1. The van der Waals surface area contributed by atoms with Crippen LogP contribution in [0.15, 0.2) is 34.9 Å². The first-order valence-electron chi connectivity index (χ1n) is 9.03. The van der Waals surface area contributed by atoms with E-state index in [9.17, 15) is 0 Å². The molecule has 2 saturated heterocycles. The minimum Gasteiger partial charge on any atom is -0.381 e. The Morgan fingerprint density at radius 1 is 1.08 bits per heavy atom. The lowest BCUT2D eigenvalue weighted by atomic mass is 9.93. The third-order valence-electron chi connectivity index (χ3n) is 5.20. The highest BCUT2D eigenvalue weighted by molar-refractivity contribution is 5.14. The van der Waals surface area contributed by atoms with Crippen LogP contribution in [0.3, 0.4) is 0 Å². The van der Waals surface area contributed by atoms with E-state index in [1.807, 2.05) is 0 Å². The second-order valence-corrected chi connectivity index (χ2v) is 7.02. The van der Waals surface area contributed by atoms with Gasteiger partial charge in [-0.3, -0.25) is 4.90 Å². The summed E-state index contributed by atoms with van der Waals surface area (Å²) in [5, 5.41) is 4.16. The molecule has 2 aliphatic rings. The van der Waals surface area contributed by atoms with E-state index in [2.05, 4.69) is 45.4 Å². The third kappa shape index (κ3) is 3.84. The standard InChI is InChI=1S/C19H25N3O2/c1-2-4-16(5-3-1)13-22-9-6-15(7-10-22)12-18-20-19(21-24-18)17-8-11-23-14-17/h1-5,15,17H,6-14H2. The molecule has 1 atom stereocenters. The van der Waals surface area contributed by atoms with Gasteiger partial charge in [0.15, 0.2) is 5.82 Å². The van der Waals surface area contributed by atoms with Crippen LogP contribution in [-0.2, 0) is 17.7 Å². The van der Waals surface area contributed by atoms with E-state index in [4.69, 9.17) is 9.26 Å². The number of nitrogens with zero attached hydrogens (tertiary/aromatic N) is 3. The molecule has 1 aromatic heterocycles. The van der Waals surface area contributed by atoms with Gasteiger partial charge in [0.25, 0.3) is 0 Å². The Bertz CT molecular complexity index is 629. The van der Waals surface area contributed by atoms with Crippen LogP contribution in [0.25, 0.3) is 0 Å². The SMILES string of the molecule is c1ccc(CN2CCC(Cc3nc(C4CCOC4)no3)CC2)cc1. The predicted molar refractivity (Wildman–Crippen MR) is 90.6 cm³/mol. The van der Waals surface area contributed by atoms with E-state index in [1.54, 1.807) is 0 Å². The number of hydrogen-bond donors (Lipinski definition) is 0. The maximum Gasteiger partial charge on any atom is 0.226 e. The first-order valence-corrected chi connectivity index (χ1v) is 9.03. The summed E-state index contributed by atoms with van der Waals surface area (Å²) >= 11 is 0. The predicted octanol–water partition coefficient (Wildman–Crippen LogP) is 3.03. The van der Waals surface area contributed by atoms with Gasteiger partial charge in [-0.2, -0.15) is 4.98 Å². The lowest BCUT2D eigenvalue weighted by molar-refractivity contribution is 0.171. The number of aromatic nitrogens is 2. The van der Waals surface area contributed by atoms with Gasteiger partial charge in [-0.25, -0.2) is 0 Å². The summed E-state index contributed by atoms with van der Waals surface area (Å²) in [5.41, 5.74) is 1.40. The van der Waals surface area contributed by atoms with Crippen LogP contribution in [0, 0.1) is 5.92 Å². The van der Waals surface area contributed by atoms with Crippen molar-refractivity contribution in [1.82, 2.24) is 15.0 Å². The molecule has 0 radical (unpaired) electrons. The maximum absolute atomic E-state index is 5.47. The monoisotopic (exact) mass is 327 g/mol. The molecule has 0 aliphatic carbocycles. The second kappa shape index (κ2) is 7.45. The fourth-order valence-corrected chi connectivity index (χ4v) is 3.69. The van der Waals surface area contributed by atoms with E-state index < -0.39 is 0 Å². The molecule has 1 unspecified atom stereocenters. The summed E-state index contributed by atoms with van der Waals surface area (Å²) in [7, 11) is 0. The summed E-state index contributed by atoms with van der Waals surface area (Å²) in [6.07, 6.45) is 4.34. The molecule has 0 spiro atoms. The van der Waals surface area contributed by atoms with Crippen LogP contribution in [0.5, 0.6) is 0 Å². The molecule has 3 heterocycles. The van der Waals surface area contributed by atoms with Crippen LogP contribution in [-0.4, -0.2) is 41.3 Å². The molecule has 0 amide bonds. The first-order chi connectivity index (χ1) is 11.9. The Balaban J connectivity index is 1.26. The van der Waals surface area contributed by atoms with Crippen molar-refractivity contribution >= 4 is 0 Å². The summed E-state index contributed by atoms with van der Waals surface area (Å²) < 4.78 is 10.9. The van der Waals surface area contributed by atoms with Crippen LogP contribution in [0.2, 0.25) is 0 Å². The zero-order chi connectivity index (χ0) is 16.2. The number of ether oxygens (including phenoxy) is 1. The smallest absolute Gasteiger partial charge is 0.226 e. The molecule has 2 aliphatic heterocycles. The van der Waals surface area contributed by atoms with Crippen molar-refractivity contribution in [3.63, 3.8) is 0 Å². The van der Waals surface area contributed by atoms with Crippen molar-refractivity contribution in [1.29, 1.82) is 0 Å². The average molecular weight is 327 g/mol. The molecule has 5 nitrogen and oxygen atoms in total. The topological polar surface area (TPSA) is 51.4 Å². The van der Waals surface area contributed by atoms with Gasteiger partial charge in [-0.05, 0) is 43.8 Å². The van der Waals surface area contributed by atoms with Gasteiger partial charge in [0.1, 0.15) is 0 Å². The number of piperidine rings is 1. The Kier molecular flexibility index (Phi) is 4.90. The molecular formula is C19H25N3O2. The van der Waals surface area contributed by atoms with Gasteiger partial charge in [0.05, 0.1) is 6.61 Å². The maximum atomic E-state index is 5.47. The van der Waals surface area contributed by atoms with Crippen molar-refractivity contribution in [3.05, 3.63) is 47.6 Å². The Hall–Kier alpha value is -1.72. The van der Waals surface area contributed by atoms with Crippen LogP contribution < -0.4 is 0 Å². The van der Waals surface area contributed by atoms with E-state index in [0.29, 0.717) is 11.8 Å². The van der Waals surface area contributed by atoms with Crippen LogP contribution in [0.4, 0.5) is 0 Å². The molecule has 2 fully saturated rings. The largest absolute Gasteiger partial charge is 0.381 e. The van der Waals surface area contributed by atoms with Gasteiger partial charge in [0.2, 0.25) is 5.89 Å². The highest BCUT2D eigenvalue weighted by atomic mass is 16.5. The Labute approximate surface area is 143 Å². The van der Waals surface area contributed by atoms with Crippen molar-refractivity contribution in [2.45, 2.75) is 38.1 Å². The molecule has 0 bridgehead atoms. The molecule has 2 aromatic rings. The molecule has 4 rings (SSSR count). The fourth-order valence-electron chi connectivity index (χ4n) is 3.69. The minimum absolute atomic E-state index is 0.329. The number of likely N-dealkylation sites (tertiary alicyclic amines) is 1. The highest BCUT2D eigenvalue weighted by Crippen LogP contribution is 2.25. The Morgan fingerprint density at radius 3 is 2.67 bits per heavy atom. The summed E-state index contributed by atoms with van der Waals surface area (Å²) in [4.78, 5) is 7.14. The highest BCUT2D eigenvalue weighted by Gasteiger charge is 2.25. The first kappa shape index (κ1) is 15.8. The normalized spacial score (nSPS) is 22.9. The molecule has 1 aromatic carbocycles. The lowest BCUT2D eigenvalue weighted by Crippen LogP contribution is -2.33. The average Bonchev–Trinajstić information content (AvgIpc) is 3.29. The van der Waals surface area contributed by atoms with E-state index in [-0.39, 0.29) is 0 Å². The van der Waals surface area contributed by atoms with E-state index in [1.165, 1.54) is 18.4 Å². The molecule has 0 saturated carbocycles. The van der Waals surface area contributed by atoms with Crippen LogP contribution >= 0.6 is 0 Å². The molecule has 0 N–H and O–H groups in total. The number of hydrogen-bond acceptors (Lipinski definition) is 5. The van der Waals surface area contributed by atoms with Crippen molar-refractivity contribution in [2.75, 3.05) is 26.3 Å². The number of rotatable bonds is 5. The Morgan fingerprint density at radius 2 is 1.92 bits per heavy atom. The van der Waals surface area contributed by atoms with Gasteiger partial charge >= 0.3 is 0 Å². The van der Waals surface area contributed by atoms with Crippen molar-refractivity contribution in [2.24, 2.45) is 5.92 Å².